The summed E-state index contributed by atoms with van der Waals surface area (Å²) in [6, 6.07) is 17.0. The van der Waals surface area contributed by atoms with Crippen molar-refractivity contribution in [3.8, 4) is 11.8 Å². The molecule has 3 rings (SSSR count). The maximum atomic E-state index is 12.4. The molecular formula is C26H34IN2O2P. The van der Waals surface area contributed by atoms with Gasteiger partial charge in [-0.3, -0.25) is 0 Å². The summed E-state index contributed by atoms with van der Waals surface area (Å²) in [7, 11) is 2.80. The zero-order valence-electron chi connectivity index (χ0n) is 19.1. The van der Waals surface area contributed by atoms with Crippen molar-refractivity contribution in [2.75, 3.05) is 32.9 Å². The van der Waals surface area contributed by atoms with Crippen LogP contribution in [0.25, 0.3) is 0 Å². The minimum absolute atomic E-state index is 0.146. The van der Waals surface area contributed by atoms with Crippen LogP contribution in [0.5, 0.6) is 0 Å². The van der Waals surface area contributed by atoms with Crippen LogP contribution in [0.15, 0.2) is 48.5 Å². The number of amides is 1. The van der Waals surface area contributed by atoms with Crippen molar-refractivity contribution in [3.05, 3.63) is 66.8 Å². The molecule has 0 fully saturated rings. The summed E-state index contributed by atoms with van der Waals surface area (Å²) in [5, 5.41) is 3.10. The topological polar surface area (TPSA) is 41.6 Å². The van der Waals surface area contributed by atoms with Crippen molar-refractivity contribution in [3.63, 3.8) is 0 Å². The Balaban J connectivity index is 1.46. The second kappa shape index (κ2) is 14.0. The molecule has 1 amide bonds. The van der Waals surface area contributed by atoms with Gasteiger partial charge in [-0.05, 0) is 6.16 Å². The van der Waals surface area contributed by atoms with E-state index in [1.54, 1.807) is 0 Å². The third-order valence-electron chi connectivity index (χ3n) is 5.14. The summed E-state index contributed by atoms with van der Waals surface area (Å²) < 4.78 is 10.7. The first kappa shape index (κ1) is 25.2. The van der Waals surface area contributed by atoms with E-state index in [4.69, 9.17) is 4.52 Å². The van der Waals surface area contributed by atoms with Gasteiger partial charge in [-0.15, -0.1) is 0 Å². The Morgan fingerprint density at radius 3 is 2.28 bits per heavy atom. The van der Waals surface area contributed by atoms with Crippen LogP contribution in [0.2, 0.25) is 0 Å². The van der Waals surface area contributed by atoms with Crippen molar-refractivity contribution in [2.24, 2.45) is 0 Å². The standard InChI is InChI=1S/C26H34IN2O2P/c1-3-32-31-21-11-5-4-10-19-28-26(30)18-20-29(2)27-24-14-8-6-12-22(24)16-17-23-13-7-9-15-25(23)27/h6-9,12-15,32H,3-5,10-11,18-21H2,1-2H3,(H,28,30). The van der Waals surface area contributed by atoms with Gasteiger partial charge in [0.05, 0.1) is 0 Å². The molecule has 0 spiro atoms. The van der Waals surface area contributed by atoms with Crippen LogP contribution < -0.4 is 5.32 Å². The average molecular weight is 564 g/mol. The molecule has 1 heterocycles. The molecule has 2 aromatic carbocycles. The van der Waals surface area contributed by atoms with Crippen LogP contribution in [0.3, 0.4) is 0 Å². The summed E-state index contributed by atoms with van der Waals surface area (Å²) >= 11 is -1.88. The predicted molar refractivity (Wildman–Crippen MR) is 144 cm³/mol. The van der Waals surface area contributed by atoms with E-state index in [0.29, 0.717) is 15.2 Å². The van der Waals surface area contributed by atoms with Crippen LogP contribution in [0.1, 0.15) is 50.2 Å². The van der Waals surface area contributed by atoms with E-state index in [0.717, 1.165) is 56.2 Å². The van der Waals surface area contributed by atoms with Crippen LogP contribution in [-0.2, 0) is 9.32 Å². The Hall–Kier alpha value is -1.45. The Morgan fingerprint density at radius 2 is 1.62 bits per heavy atom. The molecule has 6 heteroatoms. The summed E-state index contributed by atoms with van der Waals surface area (Å²) in [6.07, 6.45) is 6.10. The molecule has 0 radical (unpaired) electrons. The quantitative estimate of drug-likeness (QED) is 0.115. The normalized spacial score (nSPS) is 13.4. The van der Waals surface area contributed by atoms with E-state index in [2.05, 4.69) is 82.8 Å². The number of carbonyl (C=O) groups is 1. The van der Waals surface area contributed by atoms with Gasteiger partial charge in [-0.2, -0.15) is 0 Å². The van der Waals surface area contributed by atoms with Gasteiger partial charge in [-0.25, -0.2) is 0 Å². The van der Waals surface area contributed by atoms with Crippen LogP contribution in [-0.4, -0.2) is 41.9 Å². The number of nitrogens with one attached hydrogen (secondary N) is 1. The van der Waals surface area contributed by atoms with E-state index >= 15 is 0 Å². The molecule has 4 nitrogen and oxygen atoms in total. The number of unbranched alkanes of at least 4 members (excludes halogenated alkanes) is 3. The minimum atomic E-state index is -1.88. The molecule has 172 valence electrons. The van der Waals surface area contributed by atoms with Crippen LogP contribution >= 0.6 is 28.9 Å². The number of carbonyl (C=O) groups excluding carboxylic acids is 1. The van der Waals surface area contributed by atoms with Crippen molar-refractivity contribution in [2.45, 2.75) is 39.0 Å². The van der Waals surface area contributed by atoms with Crippen LogP contribution in [0.4, 0.5) is 0 Å². The van der Waals surface area contributed by atoms with Gasteiger partial charge in [0.25, 0.3) is 0 Å². The van der Waals surface area contributed by atoms with Crippen molar-refractivity contribution in [1.29, 1.82) is 0 Å². The second-order valence-corrected chi connectivity index (χ2v) is 14.4. The van der Waals surface area contributed by atoms with Gasteiger partial charge < -0.3 is 0 Å². The van der Waals surface area contributed by atoms with Gasteiger partial charge in [0.2, 0.25) is 0 Å². The van der Waals surface area contributed by atoms with Crippen molar-refractivity contribution >= 4 is 34.8 Å². The summed E-state index contributed by atoms with van der Waals surface area (Å²) in [6.45, 7) is 4.54. The SMILES string of the molecule is CCPOCCCCCCNC(=O)CCN(C)I1c2ccccc2C#Cc2ccccc21. The molecule has 0 saturated heterocycles. The van der Waals surface area contributed by atoms with E-state index in [9.17, 15) is 4.79 Å². The van der Waals surface area contributed by atoms with Gasteiger partial charge in [-0.1, -0.05) is 6.92 Å². The zero-order chi connectivity index (χ0) is 22.6. The Bertz CT molecular complexity index is 889. The monoisotopic (exact) mass is 564 g/mol. The Morgan fingerprint density at radius 1 is 1.00 bits per heavy atom. The fraction of sp³-hybridized carbons (Fsp3) is 0.423. The predicted octanol–water partition coefficient (Wildman–Crippen LogP) is 5.49. The molecule has 1 aliphatic heterocycles. The summed E-state index contributed by atoms with van der Waals surface area (Å²) in [4.78, 5) is 12.4. The van der Waals surface area contributed by atoms with E-state index in [1.807, 2.05) is 0 Å². The number of fused-ring (bicyclic) bond motifs is 2. The molecule has 2 aromatic rings. The number of rotatable bonds is 13. The number of nitrogens with zero attached hydrogens (tertiary/aromatic N) is 1. The van der Waals surface area contributed by atoms with Crippen LogP contribution in [0, 0.1) is 19.0 Å². The third kappa shape index (κ3) is 7.56. The molecular weight excluding hydrogens is 530 g/mol. The molecule has 1 unspecified atom stereocenters. The molecule has 0 aromatic heterocycles. The van der Waals surface area contributed by atoms with E-state index in [1.165, 1.54) is 13.6 Å². The molecule has 0 saturated carbocycles. The number of benzene rings is 2. The first-order chi connectivity index (χ1) is 15.7. The second-order valence-electron chi connectivity index (χ2n) is 7.66. The third-order valence-corrected chi connectivity index (χ3v) is 12.1. The maximum absolute atomic E-state index is 12.4. The molecule has 0 bridgehead atoms. The fourth-order valence-electron chi connectivity index (χ4n) is 3.48. The van der Waals surface area contributed by atoms with Gasteiger partial charge in [0.15, 0.2) is 0 Å². The van der Waals surface area contributed by atoms with E-state index < -0.39 is 20.1 Å². The van der Waals surface area contributed by atoms with Gasteiger partial charge in [0, 0.05) is 8.81 Å². The van der Waals surface area contributed by atoms with Crippen molar-refractivity contribution < 1.29 is 9.32 Å². The fourth-order valence-corrected chi connectivity index (χ4v) is 9.92. The van der Waals surface area contributed by atoms with Gasteiger partial charge >= 0.3 is 181 Å². The van der Waals surface area contributed by atoms with E-state index in [-0.39, 0.29) is 5.91 Å². The number of hydrogen-bond acceptors (Lipinski definition) is 3. The summed E-state index contributed by atoms with van der Waals surface area (Å²) in [5.74, 6) is 6.88. The van der Waals surface area contributed by atoms with Gasteiger partial charge in [0.1, 0.15) is 0 Å². The Kier molecular flexibility index (Phi) is 11.0. The molecule has 0 aliphatic carbocycles. The Labute approximate surface area is 202 Å². The first-order valence-electron chi connectivity index (χ1n) is 11.4. The molecule has 1 atom stereocenters. The molecule has 1 N–H and O–H groups in total. The number of hydrogen-bond donors (Lipinski definition) is 1. The first-order valence-corrected chi connectivity index (χ1v) is 15.7. The average Bonchev–Trinajstić information content (AvgIpc) is 2.98. The van der Waals surface area contributed by atoms with Crippen molar-refractivity contribution in [1.82, 2.24) is 8.43 Å². The molecule has 1 aliphatic rings. The molecule has 32 heavy (non-hydrogen) atoms. The summed E-state index contributed by atoms with van der Waals surface area (Å²) in [5.41, 5.74) is 2.26. The number of halogens is 1. The zero-order valence-corrected chi connectivity index (χ0v) is 22.3.